The lowest BCUT2D eigenvalue weighted by Gasteiger charge is -2.10. The molecule has 2 N–H and O–H groups in total. The molecule has 0 aliphatic rings. The summed E-state index contributed by atoms with van der Waals surface area (Å²) in [6.07, 6.45) is 1.31. The molecule has 2 rings (SSSR count). The first kappa shape index (κ1) is 14.6. The van der Waals surface area contributed by atoms with Gasteiger partial charge < -0.3 is 10.4 Å². The second-order valence-corrected chi connectivity index (χ2v) is 5.00. The monoisotopic (exact) mass is 302 g/mol. The second-order valence-electron chi connectivity index (χ2n) is 4.12. The van der Waals surface area contributed by atoms with Gasteiger partial charge in [-0.3, -0.25) is 4.79 Å². The van der Waals surface area contributed by atoms with Crippen molar-refractivity contribution in [3.05, 3.63) is 45.7 Å². The molecule has 1 atom stereocenters. The number of nitrogens with zero attached hydrogens (tertiary/aromatic N) is 3. The highest BCUT2D eigenvalue weighted by Crippen LogP contribution is 2.18. The highest BCUT2D eigenvalue weighted by Gasteiger charge is 2.17. The van der Waals surface area contributed by atoms with E-state index in [2.05, 4.69) is 15.3 Å². The molecule has 0 saturated heterocycles. The van der Waals surface area contributed by atoms with Crippen LogP contribution in [-0.4, -0.2) is 27.0 Å². The van der Waals surface area contributed by atoms with Crippen LogP contribution in [0.3, 0.4) is 0 Å². The van der Waals surface area contributed by atoms with Crippen LogP contribution in [0.15, 0.2) is 23.7 Å². The van der Waals surface area contributed by atoms with E-state index >= 15 is 0 Å². The van der Waals surface area contributed by atoms with Gasteiger partial charge >= 0.3 is 5.97 Å². The summed E-state index contributed by atoms with van der Waals surface area (Å²) in [5, 5.41) is 22.1. The van der Waals surface area contributed by atoms with E-state index in [1.807, 2.05) is 6.07 Å². The number of nitrogens with one attached hydrogen (secondary N) is 1. The number of amides is 1. The Morgan fingerprint density at radius 3 is 2.71 bits per heavy atom. The number of pyridine rings is 1. The quantitative estimate of drug-likeness (QED) is 0.886. The molecule has 2 heterocycles. The van der Waals surface area contributed by atoms with Gasteiger partial charge in [-0.25, -0.2) is 14.8 Å². The molecule has 0 saturated carbocycles. The minimum Gasteiger partial charge on any atom is -0.476 e. The third-order valence-electron chi connectivity index (χ3n) is 2.58. The Bertz CT molecular complexity index is 718. The molecular weight excluding hydrogens is 292 g/mol. The van der Waals surface area contributed by atoms with Crippen LogP contribution in [0.4, 0.5) is 0 Å². The number of hydrogen-bond donors (Lipinski definition) is 2. The molecule has 0 aromatic carbocycles. The smallest absolute Gasteiger partial charge is 0.355 e. The van der Waals surface area contributed by atoms with Crippen molar-refractivity contribution in [2.75, 3.05) is 0 Å². The molecule has 0 radical (unpaired) electrons. The van der Waals surface area contributed by atoms with Gasteiger partial charge in [0.2, 0.25) is 0 Å². The van der Waals surface area contributed by atoms with Crippen molar-refractivity contribution in [2.45, 2.75) is 13.0 Å². The molecular formula is C13H10N4O3S. The molecule has 7 nitrogen and oxygen atoms in total. The van der Waals surface area contributed by atoms with Crippen molar-refractivity contribution in [1.29, 1.82) is 5.26 Å². The predicted octanol–water partition coefficient (Wildman–Crippen LogP) is 1.60. The van der Waals surface area contributed by atoms with Crippen molar-refractivity contribution < 1.29 is 14.7 Å². The molecule has 8 heteroatoms. The summed E-state index contributed by atoms with van der Waals surface area (Å²) in [6, 6.07) is 4.43. The first-order valence-corrected chi connectivity index (χ1v) is 6.75. The van der Waals surface area contributed by atoms with E-state index in [4.69, 9.17) is 10.4 Å². The molecule has 0 aliphatic carbocycles. The number of aromatic carboxylic acids is 1. The lowest BCUT2D eigenvalue weighted by molar-refractivity contribution is 0.0691. The van der Waals surface area contributed by atoms with E-state index < -0.39 is 17.9 Å². The van der Waals surface area contributed by atoms with Crippen LogP contribution in [0.1, 0.15) is 44.5 Å². The molecule has 1 amide bonds. The average Bonchev–Trinajstić information content (AvgIpc) is 2.97. The highest BCUT2D eigenvalue weighted by atomic mass is 32.1. The third-order valence-corrected chi connectivity index (χ3v) is 3.61. The fourth-order valence-corrected chi connectivity index (χ4v) is 2.31. The van der Waals surface area contributed by atoms with Gasteiger partial charge in [-0.2, -0.15) is 5.26 Å². The normalized spacial score (nSPS) is 11.4. The summed E-state index contributed by atoms with van der Waals surface area (Å²) < 4.78 is 0. The van der Waals surface area contributed by atoms with Gasteiger partial charge in [-0.1, -0.05) is 0 Å². The van der Waals surface area contributed by atoms with Crippen LogP contribution in [0.25, 0.3) is 0 Å². The van der Waals surface area contributed by atoms with E-state index in [0.29, 0.717) is 10.6 Å². The van der Waals surface area contributed by atoms with Crippen molar-refractivity contribution in [2.24, 2.45) is 0 Å². The Labute approximate surface area is 123 Å². The molecule has 2 aromatic rings. The number of nitriles is 1. The Kier molecular flexibility index (Phi) is 4.25. The molecule has 0 fully saturated rings. The minimum absolute atomic E-state index is 0.0485. The Morgan fingerprint density at radius 2 is 2.19 bits per heavy atom. The highest BCUT2D eigenvalue weighted by molar-refractivity contribution is 7.09. The summed E-state index contributed by atoms with van der Waals surface area (Å²) in [6.45, 7) is 1.70. The zero-order chi connectivity index (χ0) is 15.4. The maximum Gasteiger partial charge on any atom is 0.355 e. The number of thiazole rings is 1. The van der Waals surface area contributed by atoms with E-state index in [9.17, 15) is 9.59 Å². The minimum atomic E-state index is -1.11. The van der Waals surface area contributed by atoms with Crippen LogP contribution in [0.2, 0.25) is 0 Å². The van der Waals surface area contributed by atoms with Crippen LogP contribution in [0.5, 0.6) is 0 Å². The molecule has 0 aliphatic heterocycles. The summed E-state index contributed by atoms with van der Waals surface area (Å²) in [7, 11) is 0. The maximum absolute atomic E-state index is 12.0. The molecule has 0 spiro atoms. The summed E-state index contributed by atoms with van der Waals surface area (Å²) in [5.74, 6) is -1.52. The summed E-state index contributed by atoms with van der Waals surface area (Å²) in [5.41, 5.74) is 0.495. The summed E-state index contributed by atoms with van der Waals surface area (Å²) >= 11 is 1.16. The molecule has 106 valence electrons. The Balaban J connectivity index is 2.07. The number of carboxylic acid groups (broad SMARTS) is 1. The fourth-order valence-electron chi connectivity index (χ4n) is 1.51. The molecule has 2 aromatic heterocycles. The number of carbonyl (C=O) groups is 2. The fraction of sp³-hybridized carbons (Fsp3) is 0.154. The zero-order valence-corrected chi connectivity index (χ0v) is 11.7. The third kappa shape index (κ3) is 3.40. The molecule has 1 unspecified atom stereocenters. The van der Waals surface area contributed by atoms with Crippen molar-refractivity contribution in [1.82, 2.24) is 15.3 Å². The van der Waals surface area contributed by atoms with Crippen molar-refractivity contribution in [3.8, 4) is 6.07 Å². The molecule has 21 heavy (non-hydrogen) atoms. The van der Waals surface area contributed by atoms with Gasteiger partial charge in [0.15, 0.2) is 5.69 Å². The molecule has 0 bridgehead atoms. The Morgan fingerprint density at radius 1 is 1.43 bits per heavy atom. The summed E-state index contributed by atoms with van der Waals surface area (Å²) in [4.78, 5) is 30.5. The standard InChI is InChI=1S/C13H10N4O3S/c1-7(12-17-10(6-21-12)13(19)20)16-11(18)9-3-2-8(4-14)5-15-9/h2-3,5-7H,1H3,(H,16,18)(H,19,20). The first-order chi connectivity index (χ1) is 10.0. The first-order valence-electron chi connectivity index (χ1n) is 5.87. The van der Waals surface area contributed by atoms with E-state index in [1.54, 1.807) is 6.92 Å². The largest absolute Gasteiger partial charge is 0.476 e. The van der Waals surface area contributed by atoms with Crippen LogP contribution in [0, 0.1) is 11.3 Å². The number of hydrogen-bond acceptors (Lipinski definition) is 6. The lowest BCUT2D eigenvalue weighted by Crippen LogP contribution is -2.27. The number of carboxylic acids is 1. The van der Waals surface area contributed by atoms with Crippen LogP contribution < -0.4 is 5.32 Å². The van der Waals surface area contributed by atoms with Crippen molar-refractivity contribution in [3.63, 3.8) is 0 Å². The van der Waals surface area contributed by atoms with Gasteiger partial charge in [0.05, 0.1) is 11.6 Å². The second kappa shape index (κ2) is 6.11. The zero-order valence-electron chi connectivity index (χ0n) is 10.9. The van der Waals surface area contributed by atoms with Gasteiger partial charge in [0.1, 0.15) is 16.8 Å². The SMILES string of the molecule is CC(NC(=O)c1ccc(C#N)cn1)c1nc(C(=O)O)cs1. The van der Waals surface area contributed by atoms with Gasteiger partial charge in [-0.15, -0.1) is 11.3 Å². The van der Waals surface area contributed by atoms with Gasteiger partial charge in [-0.05, 0) is 19.1 Å². The van der Waals surface area contributed by atoms with E-state index in [-0.39, 0.29) is 11.4 Å². The van der Waals surface area contributed by atoms with E-state index in [0.717, 1.165) is 11.3 Å². The van der Waals surface area contributed by atoms with Crippen LogP contribution >= 0.6 is 11.3 Å². The average molecular weight is 302 g/mol. The predicted molar refractivity (Wildman–Crippen MR) is 73.9 cm³/mol. The lowest BCUT2D eigenvalue weighted by atomic mass is 10.2. The number of carbonyl (C=O) groups excluding carboxylic acids is 1. The van der Waals surface area contributed by atoms with Gasteiger partial charge in [0.25, 0.3) is 5.91 Å². The van der Waals surface area contributed by atoms with Crippen molar-refractivity contribution >= 4 is 23.2 Å². The number of rotatable bonds is 4. The topological polar surface area (TPSA) is 116 Å². The van der Waals surface area contributed by atoms with E-state index in [1.165, 1.54) is 23.7 Å². The Hall–Kier alpha value is -2.79. The van der Waals surface area contributed by atoms with Gasteiger partial charge in [0, 0.05) is 11.6 Å². The maximum atomic E-state index is 12.0. The van der Waals surface area contributed by atoms with Crippen LogP contribution in [-0.2, 0) is 0 Å². The number of aromatic nitrogens is 2.